The van der Waals surface area contributed by atoms with E-state index in [2.05, 4.69) is 20.6 Å². The molecule has 0 unspecified atom stereocenters. The van der Waals surface area contributed by atoms with Crippen LogP contribution in [-0.2, 0) is 79.1 Å². The molecule has 2 aromatic carbocycles. The van der Waals surface area contributed by atoms with Crippen LogP contribution < -0.4 is 31.2 Å². The monoisotopic (exact) mass is 950 g/mol. The molecule has 0 fully saturated rings. The van der Waals surface area contributed by atoms with Crippen molar-refractivity contribution in [3.63, 3.8) is 0 Å². The summed E-state index contributed by atoms with van der Waals surface area (Å²) in [6.07, 6.45) is -2.24. The second kappa shape index (κ2) is 16.4. The molecule has 10 rings (SSSR count). The molecule has 0 aliphatic carbocycles. The number of benzene rings is 2. The van der Waals surface area contributed by atoms with Crippen molar-refractivity contribution in [3.8, 4) is 34.3 Å². The van der Waals surface area contributed by atoms with Gasteiger partial charge >= 0.3 is 24.1 Å². The lowest BCUT2D eigenvalue weighted by atomic mass is 9.86. The van der Waals surface area contributed by atoms with Crippen molar-refractivity contribution in [1.82, 2.24) is 29.7 Å². The highest BCUT2D eigenvalue weighted by Gasteiger charge is 2.47. The maximum atomic E-state index is 15.1. The van der Waals surface area contributed by atoms with Crippen molar-refractivity contribution >= 4 is 45.9 Å². The number of carbonyl (C=O) groups excluding carboxylic acids is 4. The van der Waals surface area contributed by atoms with Crippen molar-refractivity contribution < 1.29 is 66.6 Å². The fourth-order valence-electron chi connectivity index (χ4n) is 9.60. The van der Waals surface area contributed by atoms with Gasteiger partial charge in [0.05, 0.1) is 72.2 Å². The Labute approximate surface area is 387 Å². The number of esters is 2. The summed E-state index contributed by atoms with van der Waals surface area (Å²) in [4.78, 5) is 88.7. The molecule has 22 heteroatoms. The van der Waals surface area contributed by atoms with Gasteiger partial charge in [-0.25, -0.2) is 37.9 Å². The van der Waals surface area contributed by atoms with E-state index in [1.54, 1.807) is 13.8 Å². The fourth-order valence-corrected chi connectivity index (χ4v) is 9.60. The molecule has 0 saturated carbocycles. The highest BCUT2D eigenvalue weighted by Crippen LogP contribution is 2.43. The zero-order valence-corrected chi connectivity index (χ0v) is 37.2. The predicted octanol–water partition coefficient (Wildman–Crippen LogP) is 3.88. The first-order valence-electron chi connectivity index (χ1n) is 21.6. The average molecular weight is 951 g/mol. The molecule has 4 aliphatic rings. The Morgan fingerprint density at radius 3 is 1.45 bits per heavy atom. The van der Waals surface area contributed by atoms with E-state index in [-0.39, 0.29) is 120 Å². The first-order chi connectivity index (χ1) is 33.0. The lowest BCUT2D eigenvalue weighted by Gasteiger charge is -2.31. The van der Waals surface area contributed by atoms with Gasteiger partial charge in [0.1, 0.15) is 13.2 Å². The van der Waals surface area contributed by atoms with Crippen molar-refractivity contribution in [2.24, 2.45) is 0 Å². The highest BCUT2D eigenvalue weighted by atomic mass is 19.1. The summed E-state index contributed by atoms with van der Waals surface area (Å²) in [6, 6.07) is 8.06. The Hall–Kier alpha value is -7.98. The summed E-state index contributed by atoms with van der Waals surface area (Å²) >= 11 is 0. The zero-order valence-electron chi connectivity index (χ0n) is 37.2. The number of halogens is 2. The zero-order chi connectivity index (χ0) is 48.8. The van der Waals surface area contributed by atoms with Crippen LogP contribution in [-0.4, -0.2) is 74.5 Å². The van der Waals surface area contributed by atoms with Gasteiger partial charge in [-0.2, -0.15) is 0 Å². The molecular formula is C47H40F2N6O14. The molecule has 69 heavy (non-hydrogen) atoms. The maximum Gasteiger partial charge on any atom is 0.410 e. The Morgan fingerprint density at radius 1 is 0.667 bits per heavy atom. The predicted molar refractivity (Wildman–Crippen MR) is 234 cm³/mol. The third kappa shape index (κ3) is 6.83. The Morgan fingerprint density at radius 2 is 1.07 bits per heavy atom. The largest absolute Gasteiger partial charge is 0.494 e. The molecule has 2 amide bonds. The Kier molecular flexibility index (Phi) is 10.6. The van der Waals surface area contributed by atoms with Crippen LogP contribution in [0.5, 0.6) is 11.5 Å². The molecule has 4 aliphatic heterocycles. The summed E-state index contributed by atoms with van der Waals surface area (Å²) in [5.74, 6) is -3.50. The van der Waals surface area contributed by atoms with Crippen LogP contribution >= 0.6 is 0 Å². The summed E-state index contributed by atoms with van der Waals surface area (Å²) < 4.78 is 64.1. The number of aromatic nitrogens is 4. The average Bonchev–Trinajstić information content (AvgIpc) is 3.90. The topological polar surface area (TPSA) is 258 Å². The van der Waals surface area contributed by atoms with Crippen LogP contribution in [0.1, 0.15) is 71.2 Å². The molecule has 4 aromatic heterocycles. The molecule has 0 radical (unpaired) electrons. The van der Waals surface area contributed by atoms with Crippen molar-refractivity contribution in [1.29, 1.82) is 0 Å². The number of amides is 2. The van der Waals surface area contributed by atoms with E-state index in [0.29, 0.717) is 33.0 Å². The Bertz CT molecular complexity index is 3210. The number of aliphatic hydroxyl groups is 2. The van der Waals surface area contributed by atoms with E-state index < -0.39 is 64.9 Å². The van der Waals surface area contributed by atoms with Gasteiger partial charge in [-0.3, -0.25) is 9.59 Å². The first kappa shape index (κ1) is 44.8. The van der Waals surface area contributed by atoms with Crippen LogP contribution in [0.15, 0.2) is 46.0 Å². The molecule has 2 atom stereocenters. The number of pyridine rings is 4. The summed E-state index contributed by atoms with van der Waals surface area (Å²) in [6.45, 7) is 0.950. The van der Waals surface area contributed by atoms with Crippen molar-refractivity contribution in [3.05, 3.63) is 113 Å². The third-order valence-electron chi connectivity index (χ3n) is 13.4. The van der Waals surface area contributed by atoms with E-state index in [1.165, 1.54) is 47.6 Å². The van der Waals surface area contributed by atoms with Crippen LogP contribution in [0, 0.1) is 11.6 Å². The Balaban J connectivity index is 0.876. The molecule has 20 nitrogen and oxygen atoms in total. The van der Waals surface area contributed by atoms with Gasteiger partial charge in [-0.05, 0) is 48.2 Å². The molecule has 4 N–H and O–H groups in total. The minimum atomic E-state index is -2.09. The first-order valence-corrected chi connectivity index (χ1v) is 21.6. The number of fused-ring (bicyclic) bond motifs is 10. The second-order valence-electron chi connectivity index (χ2n) is 16.7. The number of alkyl carbamates (subject to hydrolysis) is 2. The smallest absolute Gasteiger partial charge is 0.410 e. The second-order valence-corrected chi connectivity index (χ2v) is 16.7. The number of methoxy groups -OCH3 is 2. The SMILES string of the molecule is CC[C@@]1(O)C(=O)OCc2c1cc1n(c2=O)Cc2c-1nc1cc(F)c(OC)cc1c2CNC(=O)OCOC(=O)NCc1c2c(nc3cc(F)c(OC)cc13)-c1cc3c(c(=O)n1C2)COC(=O)[C@]3(O)CC. The molecule has 0 bridgehead atoms. The van der Waals surface area contributed by atoms with Crippen molar-refractivity contribution in [2.45, 2.75) is 77.3 Å². The maximum absolute atomic E-state index is 15.1. The standard InChI is InChI=1S/C47H40F2N6O14/c1-5-46(62)28-9-34-38-24(15-54(34)40(56)26(28)17-66-42(46)58)22(20-7-36(64-3)30(48)11-32(20)52-38)13-50-44(60)68-19-69-45(61)51-14-23-21-8-37(65-4)31(49)12-33(21)53-39-25(23)16-55-35(39)10-29-27(41(55)57)18-67-43(59)47(29,63)6-2/h7-12,62-63H,5-6,13-19H2,1-4H3,(H,50,60)(H,51,61)/t46-,47-/m0/s1. The molecule has 0 saturated heterocycles. The highest BCUT2D eigenvalue weighted by molar-refractivity contribution is 5.92. The quantitative estimate of drug-likeness (QED) is 0.0862. The fraction of sp³-hybridized carbons (Fsp3) is 0.319. The number of hydrogen-bond acceptors (Lipinski definition) is 16. The van der Waals surface area contributed by atoms with Crippen LogP contribution in [0.2, 0.25) is 0 Å². The van der Waals surface area contributed by atoms with Crippen LogP contribution in [0.4, 0.5) is 18.4 Å². The van der Waals surface area contributed by atoms with E-state index in [9.17, 15) is 39.0 Å². The molecular weight excluding hydrogens is 911 g/mol. The number of rotatable bonds is 10. The minimum absolute atomic E-state index is 0.0476. The number of nitrogens with one attached hydrogen (secondary N) is 2. The minimum Gasteiger partial charge on any atom is -0.494 e. The normalized spacial score (nSPS) is 18.3. The molecule has 6 aromatic rings. The molecule has 8 heterocycles. The number of nitrogens with zero attached hydrogens (tertiary/aromatic N) is 4. The number of hydrogen-bond donors (Lipinski definition) is 4. The summed E-state index contributed by atoms with van der Waals surface area (Å²) in [5, 5.41) is 28.5. The lowest BCUT2D eigenvalue weighted by Crippen LogP contribution is -2.44. The summed E-state index contributed by atoms with van der Waals surface area (Å²) in [5.41, 5.74) is -1.87. The van der Waals surface area contributed by atoms with Gasteiger partial charge in [0.25, 0.3) is 11.1 Å². The van der Waals surface area contributed by atoms with E-state index >= 15 is 8.78 Å². The molecule has 0 spiro atoms. The van der Waals surface area contributed by atoms with E-state index in [4.69, 9.17) is 28.4 Å². The van der Waals surface area contributed by atoms with Gasteiger partial charge in [0.15, 0.2) is 34.3 Å². The molecule has 356 valence electrons. The number of cyclic esters (lactones) is 2. The van der Waals surface area contributed by atoms with Crippen molar-refractivity contribution in [2.75, 3.05) is 21.0 Å². The third-order valence-corrected chi connectivity index (χ3v) is 13.4. The lowest BCUT2D eigenvalue weighted by molar-refractivity contribution is -0.172. The van der Waals surface area contributed by atoms with Gasteiger partial charge in [0, 0.05) is 58.2 Å². The van der Waals surface area contributed by atoms with E-state index in [1.807, 2.05) is 0 Å². The van der Waals surface area contributed by atoms with Gasteiger partial charge < -0.3 is 58.4 Å². The van der Waals surface area contributed by atoms with Gasteiger partial charge in [-0.15, -0.1) is 0 Å². The summed E-state index contributed by atoms with van der Waals surface area (Å²) in [7, 11) is 2.56. The van der Waals surface area contributed by atoms with Crippen LogP contribution in [0.3, 0.4) is 0 Å². The van der Waals surface area contributed by atoms with Crippen LogP contribution in [0.25, 0.3) is 44.6 Å². The van der Waals surface area contributed by atoms with E-state index in [0.717, 1.165) is 12.1 Å². The number of ether oxygens (including phenoxy) is 6. The number of carbonyl (C=O) groups is 4. The van der Waals surface area contributed by atoms with Gasteiger partial charge in [0.2, 0.25) is 6.79 Å². The van der Waals surface area contributed by atoms with Gasteiger partial charge in [-0.1, -0.05) is 13.8 Å².